The summed E-state index contributed by atoms with van der Waals surface area (Å²) >= 11 is 1.35. The molecule has 0 aliphatic carbocycles. The van der Waals surface area contributed by atoms with E-state index in [1.807, 2.05) is 66.9 Å². The summed E-state index contributed by atoms with van der Waals surface area (Å²) in [6, 6.07) is 18.4. The van der Waals surface area contributed by atoms with E-state index >= 15 is 0 Å². The number of rotatable bonds is 3. The van der Waals surface area contributed by atoms with E-state index in [9.17, 15) is 9.59 Å². The Balaban J connectivity index is 1.68. The second-order valence-corrected chi connectivity index (χ2v) is 8.78. The molecule has 1 aromatic heterocycles. The van der Waals surface area contributed by atoms with Gasteiger partial charge in [-0.05, 0) is 48.6 Å². The number of hydrogen-bond acceptors (Lipinski definition) is 4. The third kappa shape index (κ3) is 2.82. The van der Waals surface area contributed by atoms with Crippen LogP contribution in [-0.2, 0) is 6.42 Å². The Kier molecular flexibility index (Phi) is 4.40. The molecule has 3 aromatic rings. The summed E-state index contributed by atoms with van der Waals surface area (Å²) in [6.07, 6.45) is 1.36. The van der Waals surface area contributed by atoms with E-state index in [-0.39, 0.29) is 18.0 Å². The van der Waals surface area contributed by atoms with Gasteiger partial charge in [0.2, 0.25) is 0 Å². The summed E-state index contributed by atoms with van der Waals surface area (Å²) in [5.74, 6) is 0.444. The number of nitrogens with zero attached hydrogens (tertiary/aromatic N) is 2. The van der Waals surface area contributed by atoms with Crippen molar-refractivity contribution in [1.29, 1.82) is 0 Å². The van der Waals surface area contributed by atoms with Crippen LogP contribution in [0.3, 0.4) is 0 Å². The van der Waals surface area contributed by atoms with Crippen molar-refractivity contribution in [2.24, 2.45) is 0 Å². The molecule has 2 aliphatic rings. The summed E-state index contributed by atoms with van der Waals surface area (Å²) in [5.41, 5.74) is 1.85. The number of fused-ring (bicyclic) bond motifs is 4. The van der Waals surface area contributed by atoms with Gasteiger partial charge in [-0.3, -0.25) is 14.6 Å². The number of carbonyl (C=O) groups excluding carboxylic acids is 2. The van der Waals surface area contributed by atoms with Crippen LogP contribution in [0.2, 0.25) is 0 Å². The summed E-state index contributed by atoms with van der Waals surface area (Å²) in [5, 5.41) is 1.85. The Morgan fingerprint density at radius 1 is 1.17 bits per heavy atom. The molecule has 0 saturated carbocycles. The molecule has 1 saturated heterocycles. The summed E-state index contributed by atoms with van der Waals surface area (Å²) < 4.78 is 6.39. The number of imide groups is 1. The molecule has 2 aliphatic heterocycles. The summed E-state index contributed by atoms with van der Waals surface area (Å²) in [6.45, 7) is 4.01. The van der Waals surface area contributed by atoms with Crippen LogP contribution in [0.15, 0.2) is 66.0 Å². The standard InChI is InChI=1S/C24H22N2O3S/c1-3-16-8-6-9-17(14-16)26-23(28)25(22(27)21-12-7-13-30-21)19-15-24(26,2)29-20-11-5-4-10-18(19)20/h4-14,19H,3,15H2,1-2H3. The van der Waals surface area contributed by atoms with Gasteiger partial charge in [0.15, 0.2) is 5.72 Å². The molecule has 152 valence electrons. The molecule has 5 nitrogen and oxygen atoms in total. The average molecular weight is 419 g/mol. The molecule has 6 heteroatoms. The number of thiophene rings is 1. The number of para-hydroxylation sites is 1. The molecule has 30 heavy (non-hydrogen) atoms. The van der Waals surface area contributed by atoms with Gasteiger partial charge in [0.25, 0.3) is 5.91 Å². The SMILES string of the molecule is CCc1cccc(N2C(=O)N(C(=O)c3cccs3)C3CC2(C)Oc2ccccc23)c1. The highest BCUT2D eigenvalue weighted by atomic mass is 32.1. The van der Waals surface area contributed by atoms with Gasteiger partial charge in [-0.2, -0.15) is 0 Å². The predicted octanol–water partition coefficient (Wildman–Crippen LogP) is 5.63. The van der Waals surface area contributed by atoms with Crippen LogP contribution in [0.25, 0.3) is 0 Å². The number of benzene rings is 2. The quantitative estimate of drug-likeness (QED) is 0.554. The summed E-state index contributed by atoms with van der Waals surface area (Å²) in [4.78, 5) is 30.9. The second kappa shape index (κ2) is 6.99. The first-order chi connectivity index (χ1) is 14.5. The van der Waals surface area contributed by atoms with E-state index in [1.54, 1.807) is 11.0 Å². The van der Waals surface area contributed by atoms with Crippen molar-refractivity contribution in [3.8, 4) is 5.75 Å². The van der Waals surface area contributed by atoms with Crippen LogP contribution in [0, 0.1) is 0 Å². The number of anilines is 1. The molecule has 5 rings (SSSR count). The molecule has 2 atom stereocenters. The van der Waals surface area contributed by atoms with Gasteiger partial charge in [0, 0.05) is 17.7 Å². The minimum atomic E-state index is -0.880. The number of urea groups is 1. The predicted molar refractivity (Wildman–Crippen MR) is 117 cm³/mol. The van der Waals surface area contributed by atoms with Gasteiger partial charge >= 0.3 is 6.03 Å². The van der Waals surface area contributed by atoms with Crippen molar-refractivity contribution >= 4 is 29.0 Å². The summed E-state index contributed by atoms with van der Waals surface area (Å²) in [7, 11) is 0. The zero-order valence-corrected chi connectivity index (χ0v) is 17.7. The normalized spacial score (nSPS) is 22.5. The first kappa shape index (κ1) is 18.9. The minimum Gasteiger partial charge on any atom is -0.467 e. The van der Waals surface area contributed by atoms with Crippen LogP contribution in [0.4, 0.5) is 10.5 Å². The molecule has 2 bridgehead atoms. The van der Waals surface area contributed by atoms with Crippen molar-refractivity contribution in [2.75, 3.05) is 4.90 Å². The van der Waals surface area contributed by atoms with E-state index in [1.165, 1.54) is 16.2 Å². The maximum Gasteiger partial charge on any atom is 0.335 e. The van der Waals surface area contributed by atoms with Crippen LogP contribution in [0.1, 0.15) is 47.1 Å². The van der Waals surface area contributed by atoms with Crippen LogP contribution < -0.4 is 9.64 Å². The van der Waals surface area contributed by atoms with Gasteiger partial charge in [0.1, 0.15) is 5.75 Å². The molecule has 3 amide bonds. The van der Waals surface area contributed by atoms with Crippen LogP contribution in [-0.4, -0.2) is 22.6 Å². The highest BCUT2D eigenvalue weighted by molar-refractivity contribution is 7.12. The van der Waals surface area contributed by atoms with Gasteiger partial charge in [-0.1, -0.05) is 43.3 Å². The van der Waals surface area contributed by atoms with Gasteiger partial charge < -0.3 is 4.74 Å². The minimum absolute atomic E-state index is 0.268. The first-order valence-electron chi connectivity index (χ1n) is 10.1. The number of hydrogen-bond donors (Lipinski definition) is 0. The second-order valence-electron chi connectivity index (χ2n) is 7.83. The number of ether oxygens (including phenoxy) is 1. The van der Waals surface area contributed by atoms with E-state index in [0.29, 0.717) is 17.0 Å². The number of carbonyl (C=O) groups is 2. The highest BCUT2D eigenvalue weighted by Gasteiger charge is 2.55. The number of aryl methyl sites for hydroxylation is 1. The lowest BCUT2D eigenvalue weighted by Crippen LogP contribution is -2.67. The van der Waals surface area contributed by atoms with E-state index in [4.69, 9.17) is 4.74 Å². The Morgan fingerprint density at radius 3 is 2.77 bits per heavy atom. The van der Waals surface area contributed by atoms with Crippen molar-refractivity contribution in [3.63, 3.8) is 0 Å². The lowest BCUT2D eigenvalue weighted by atomic mass is 9.88. The Hall–Kier alpha value is -3.12. The molecule has 0 spiro atoms. The fourth-order valence-electron chi connectivity index (χ4n) is 4.45. The highest BCUT2D eigenvalue weighted by Crippen LogP contribution is 2.49. The molecular formula is C24H22N2O3S. The molecule has 0 N–H and O–H groups in total. The van der Waals surface area contributed by atoms with E-state index < -0.39 is 5.72 Å². The maximum absolute atomic E-state index is 13.8. The third-order valence-corrected chi connectivity index (χ3v) is 6.75. The fraction of sp³-hybridized carbons (Fsp3) is 0.250. The van der Waals surface area contributed by atoms with Crippen molar-refractivity contribution in [1.82, 2.24) is 4.90 Å². The maximum atomic E-state index is 13.8. The lowest BCUT2D eigenvalue weighted by molar-refractivity contribution is 0.00283. The molecule has 1 fully saturated rings. The van der Waals surface area contributed by atoms with Crippen LogP contribution >= 0.6 is 11.3 Å². The van der Waals surface area contributed by atoms with Crippen molar-refractivity contribution in [3.05, 3.63) is 82.0 Å². The molecule has 2 aromatic carbocycles. The monoisotopic (exact) mass is 418 g/mol. The molecular weight excluding hydrogens is 396 g/mol. The number of amides is 3. The van der Waals surface area contributed by atoms with Gasteiger partial charge in [-0.25, -0.2) is 4.79 Å². The van der Waals surface area contributed by atoms with Crippen LogP contribution in [0.5, 0.6) is 5.75 Å². The first-order valence-corrected chi connectivity index (χ1v) is 11.0. The Labute approximate surface area is 179 Å². The molecule has 0 radical (unpaired) electrons. The third-order valence-electron chi connectivity index (χ3n) is 5.89. The Morgan fingerprint density at radius 2 is 2.00 bits per heavy atom. The fourth-order valence-corrected chi connectivity index (χ4v) is 5.11. The smallest absolute Gasteiger partial charge is 0.335 e. The topological polar surface area (TPSA) is 49.9 Å². The van der Waals surface area contributed by atoms with E-state index in [0.717, 1.165) is 23.2 Å². The lowest BCUT2D eigenvalue weighted by Gasteiger charge is -2.53. The largest absolute Gasteiger partial charge is 0.467 e. The zero-order valence-electron chi connectivity index (χ0n) is 16.9. The average Bonchev–Trinajstić information content (AvgIpc) is 3.28. The van der Waals surface area contributed by atoms with Gasteiger partial charge in [-0.15, -0.1) is 11.3 Å². The van der Waals surface area contributed by atoms with E-state index in [2.05, 4.69) is 6.92 Å². The van der Waals surface area contributed by atoms with Crippen molar-refractivity contribution < 1.29 is 14.3 Å². The van der Waals surface area contributed by atoms with Gasteiger partial charge in [0.05, 0.1) is 10.9 Å². The zero-order chi connectivity index (χ0) is 20.9. The molecule has 3 heterocycles. The van der Waals surface area contributed by atoms with Crippen molar-refractivity contribution in [2.45, 2.75) is 38.5 Å². The Bertz CT molecular complexity index is 1130. The molecule has 2 unspecified atom stereocenters.